The molecule has 2 aromatic carbocycles. The van der Waals surface area contributed by atoms with Gasteiger partial charge in [-0.3, -0.25) is 14.9 Å². The van der Waals surface area contributed by atoms with Gasteiger partial charge in [0.2, 0.25) is 0 Å². The zero-order valence-corrected chi connectivity index (χ0v) is 13.9. The third kappa shape index (κ3) is 3.38. The van der Waals surface area contributed by atoms with E-state index in [1.807, 2.05) is 0 Å². The summed E-state index contributed by atoms with van der Waals surface area (Å²) in [5, 5.41) is 38.8. The van der Waals surface area contributed by atoms with E-state index in [-0.39, 0.29) is 22.4 Å². The normalized spacial score (nSPS) is 15.1. The third-order valence-electron chi connectivity index (χ3n) is 3.91. The van der Waals surface area contributed by atoms with Gasteiger partial charge in [0.05, 0.1) is 27.9 Å². The second kappa shape index (κ2) is 6.71. The van der Waals surface area contributed by atoms with Gasteiger partial charge in [0, 0.05) is 12.1 Å². The Labute approximate surface area is 152 Å². The Balaban J connectivity index is 1.96. The van der Waals surface area contributed by atoms with Crippen LogP contribution in [0.15, 0.2) is 53.1 Å². The van der Waals surface area contributed by atoms with Gasteiger partial charge in [-0.1, -0.05) is 18.2 Å². The summed E-state index contributed by atoms with van der Waals surface area (Å²) in [7, 11) is 0. The van der Waals surface area contributed by atoms with Gasteiger partial charge in [-0.2, -0.15) is 10.1 Å². The maximum Gasteiger partial charge on any atom is 0.280 e. The molecule has 0 saturated heterocycles. The van der Waals surface area contributed by atoms with Crippen LogP contribution in [-0.2, 0) is 4.79 Å². The Morgan fingerprint density at radius 1 is 1.19 bits per heavy atom. The number of hydrazone groups is 1. The van der Waals surface area contributed by atoms with Gasteiger partial charge < -0.3 is 15.0 Å². The highest BCUT2D eigenvalue weighted by Crippen LogP contribution is 2.28. The summed E-state index contributed by atoms with van der Waals surface area (Å²) in [5.41, 5.74) is 0.433. The number of hydrogen-bond donors (Lipinski definition) is 0. The number of benzene rings is 2. The van der Waals surface area contributed by atoms with E-state index in [9.17, 15) is 29.9 Å². The van der Waals surface area contributed by atoms with Crippen LogP contribution in [0.25, 0.3) is 6.08 Å². The summed E-state index contributed by atoms with van der Waals surface area (Å²) < 4.78 is 0. The maximum atomic E-state index is 12.6. The molecule has 3 rings (SSSR count). The van der Waals surface area contributed by atoms with Crippen LogP contribution in [-0.4, -0.2) is 22.5 Å². The molecule has 0 atom stereocenters. The number of nitro benzene ring substituents is 1. The van der Waals surface area contributed by atoms with Crippen LogP contribution >= 0.6 is 0 Å². The third-order valence-corrected chi connectivity index (χ3v) is 3.91. The number of aromatic carboxylic acids is 1. The number of anilines is 1. The Kier molecular flexibility index (Phi) is 4.43. The van der Waals surface area contributed by atoms with E-state index in [2.05, 4.69) is 5.10 Å². The molecule has 0 aliphatic carbocycles. The molecule has 0 N–H and O–H groups in total. The number of nitro groups is 1. The number of rotatable bonds is 4. The SMILES string of the molecule is CC1=NN(c2ccc(C(=O)[O-])cc2)C(=O)/C1=C\c1cc([N+](=O)[O-])ccc1[O-]. The first-order valence-corrected chi connectivity index (χ1v) is 7.66. The van der Waals surface area contributed by atoms with Crippen molar-refractivity contribution in [1.29, 1.82) is 0 Å². The maximum absolute atomic E-state index is 12.6. The molecular weight excluding hydrogens is 354 g/mol. The van der Waals surface area contributed by atoms with Crippen LogP contribution in [0.4, 0.5) is 11.4 Å². The fourth-order valence-electron chi connectivity index (χ4n) is 2.52. The standard InChI is InChI=1S/C18H13N3O6/c1-10-15(9-12-8-14(21(26)27)6-7-16(12)22)17(23)20(19-10)13-4-2-11(3-5-13)18(24)25/h2-9,22H,1H3,(H,24,25)/p-2/b15-9-. The van der Waals surface area contributed by atoms with E-state index < -0.39 is 22.5 Å². The molecule has 136 valence electrons. The first-order valence-electron chi connectivity index (χ1n) is 7.66. The molecule has 1 aliphatic heterocycles. The summed E-state index contributed by atoms with van der Waals surface area (Å²) in [6.07, 6.45) is 1.26. The minimum atomic E-state index is -1.34. The van der Waals surface area contributed by atoms with Gasteiger partial charge in [0.1, 0.15) is 0 Å². The zero-order chi connectivity index (χ0) is 19.7. The lowest BCUT2D eigenvalue weighted by molar-refractivity contribution is -0.385. The number of carbonyl (C=O) groups excluding carboxylic acids is 2. The van der Waals surface area contributed by atoms with Gasteiger partial charge >= 0.3 is 0 Å². The predicted octanol–water partition coefficient (Wildman–Crippen LogP) is 0.838. The fourth-order valence-corrected chi connectivity index (χ4v) is 2.52. The van der Waals surface area contributed by atoms with E-state index in [0.29, 0.717) is 11.4 Å². The smallest absolute Gasteiger partial charge is 0.280 e. The van der Waals surface area contributed by atoms with Crippen LogP contribution in [0, 0.1) is 10.1 Å². The second-order valence-electron chi connectivity index (χ2n) is 5.67. The van der Waals surface area contributed by atoms with Gasteiger partial charge in [0.25, 0.3) is 11.6 Å². The molecule has 9 nitrogen and oxygen atoms in total. The topological polar surface area (TPSA) is 139 Å². The lowest BCUT2D eigenvalue weighted by Gasteiger charge is -2.13. The van der Waals surface area contributed by atoms with Crippen LogP contribution < -0.4 is 15.2 Å². The number of hydrogen-bond acceptors (Lipinski definition) is 7. The van der Waals surface area contributed by atoms with Crippen molar-refractivity contribution in [2.75, 3.05) is 5.01 Å². The summed E-state index contributed by atoms with van der Waals surface area (Å²) in [5.74, 6) is -2.35. The van der Waals surface area contributed by atoms with Gasteiger partial charge in [-0.25, -0.2) is 0 Å². The first-order chi connectivity index (χ1) is 12.8. The van der Waals surface area contributed by atoms with E-state index >= 15 is 0 Å². The van der Waals surface area contributed by atoms with Gasteiger partial charge in [-0.15, -0.1) is 5.75 Å². The molecule has 0 spiro atoms. The molecule has 0 radical (unpaired) electrons. The van der Waals surface area contributed by atoms with Crippen molar-refractivity contribution >= 4 is 35.0 Å². The fraction of sp³-hybridized carbons (Fsp3) is 0.0556. The molecule has 0 aromatic heterocycles. The van der Waals surface area contributed by atoms with Crippen LogP contribution in [0.2, 0.25) is 0 Å². The average Bonchev–Trinajstić information content (AvgIpc) is 2.91. The number of nitrogens with zero attached hydrogens (tertiary/aromatic N) is 3. The van der Waals surface area contributed by atoms with E-state index in [1.54, 1.807) is 6.92 Å². The van der Waals surface area contributed by atoms with E-state index in [0.717, 1.165) is 23.2 Å². The zero-order valence-electron chi connectivity index (χ0n) is 13.9. The van der Waals surface area contributed by atoms with Crippen molar-refractivity contribution in [2.45, 2.75) is 6.92 Å². The van der Waals surface area contributed by atoms with Crippen LogP contribution in [0.5, 0.6) is 5.75 Å². The molecule has 0 fully saturated rings. The highest BCUT2D eigenvalue weighted by molar-refractivity contribution is 6.32. The highest BCUT2D eigenvalue weighted by atomic mass is 16.6. The summed E-state index contributed by atoms with van der Waals surface area (Å²) >= 11 is 0. The molecule has 27 heavy (non-hydrogen) atoms. The molecular formula is C18H11N3O6-2. The molecule has 1 aliphatic rings. The Morgan fingerprint density at radius 2 is 1.85 bits per heavy atom. The lowest BCUT2D eigenvalue weighted by atomic mass is 10.1. The number of carbonyl (C=O) groups is 2. The number of amides is 1. The largest absolute Gasteiger partial charge is 0.872 e. The Morgan fingerprint density at radius 3 is 2.44 bits per heavy atom. The van der Waals surface area contributed by atoms with Crippen molar-refractivity contribution in [3.63, 3.8) is 0 Å². The van der Waals surface area contributed by atoms with Crippen LogP contribution in [0.1, 0.15) is 22.8 Å². The van der Waals surface area contributed by atoms with Crippen molar-refractivity contribution in [3.05, 3.63) is 69.3 Å². The number of carboxylic acid groups (broad SMARTS) is 1. The van der Waals surface area contributed by atoms with Crippen LogP contribution in [0.3, 0.4) is 0 Å². The Bertz CT molecular complexity index is 1020. The van der Waals surface area contributed by atoms with Crippen molar-refractivity contribution in [2.24, 2.45) is 5.10 Å². The van der Waals surface area contributed by atoms with Crippen molar-refractivity contribution < 1.29 is 24.7 Å². The summed E-state index contributed by atoms with van der Waals surface area (Å²) in [6.45, 7) is 1.56. The Hall–Kier alpha value is -4.01. The van der Waals surface area contributed by atoms with Gasteiger partial charge in [0.15, 0.2) is 0 Å². The van der Waals surface area contributed by atoms with E-state index in [4.69, 9.17) is 0 Å². The predicted molar refractivity (Wildman–Crippen MR) is 91.9 cm³/mol. The number of non-ortho nitro benzene ring substituents is 1. The quantitative estimate of drug-likeness (QED) is 0.447. The minimum Gasteiger partial charge on any atom is -0.872 e. The molecule has 9 heteroatoms. The van der Waals surface area contributed by atoms with Gasteiger partial charge in [-0.05, 0) is 36.3 Å². The average molecular weight is 365 g/mol. The van der Waals surface area contributed by atoms with Crippen molar-refractivity contribution in [3.8, 4) is 5.75 Å². The number of carboxylic acids is 1. The second-order valence-corrected chi connectivity index (χ2v) is 5.67. The minimum absolute atomic E-state index is 0.00347. The molecule has 1 heterocycles. The lowest BCUT2D eigenvalue weighted by Crippen LogP contribution is -2.23. The molecule has 0 unspecified atom stereocenters. The monoisotopic (exact) mass is 365 g/mol. The van der Waals surface area contributed by atoms with E-state index in [1.165, 1.54) is 30.3 Å². The highest BCUT2D eigenvalue weighted by Gasteiger charge is 2.28. The molecule has 1 amide bonds. The molecule has 0 bridgehead atoms. The molecule has 2 aromatic rings. The first kappa shape index (κ1) is 17.8. The van der Waals surface area contributed by atoms with Crippen molar-refractivity contribution in [1.82, 2.24) is 0 Å². The summed E-state index contributed by atoms with van der Waals surface area (Å²) in [4.78, 5) is 33.7. The molecule has 0 saturated carbocycles. The summed E-state index contributed by atoms with van der Waals surface area (Å²) in [6, 6.07) is 8.60.